The smallest absolute Gasteiger partial charge is 0.379 e. The quantitative estimate of drug-likeness (QED) is 0.310. The van der Waals surface area contributed by atoms with Crippen LogP contribution < -0.4 is 0 Å². The van der Waals surface area contributed by atoms with Gasteiger partial charge in [0.25, 0.3) is 0 Å². The Morgan fingerprint density at radius 3 is 2.00 bits per heavy atom. The fourth-order valence-electron chi connectivity index (χ4n) is 1.41. The summed E-state index contributed by atoms with van der Waals surface area (Å²) in [5.41, 5.74) is 1.02. The van der Waals surface area contributed by atoms with E-state index in [1.54, 1.807) is 21.3 Å². The third kappa shape index (κ3) is 7.96. The van der Waals surface area contributed by atoms with Crippen molar-refractivity contribution in [3.8, 4) is 0 Å². The molecule has 0 N–H and O–H groups in total. The van der Waals surface area contributed by atoms with Crippen LogP contribution in [-0.2, 0) is 22.8 Å². The second kappa shape index (κ2) is 10.7. The third-order valence-corrected chi connectivity index (χ3v) is 5.26. The predicted molar refractivity (Wildman–Crippen MR) is 72.7 cm³/mol. The Morgan fingerprint density at radius 2 is 1.50 bits per heavy atom. The number of hydrogen-bond donors (Lipinski definition) is 0. The van der Waals surface area contributed by atoms with Crippen LogP contribution >= 0.6 is 0 Å². The van der Waals surface area contributed by atoms with Gasteiger partial charge in [0.05, 0.1) is 19.8 Å². The van der Waals surface area contributed by atoms with Crippen molar-refractivity contribution in [1.82, 2.24) is 0 Å². The Labute approximate surface area is 111 Å². The average Bonchev–Trinajstić information content (AvgIpc) is 2.38. The summed E-state index contributed by atoms with van der Waals surface area (Å²) in [5, 5.41) is 0. The van der Waals surface area contributed by atoms with Crippen molar-refractivity contribution in [2.75, 3.05) is 47.8 Å². The summed E-state index contributed by atoms with van der Waals surface area (Å²) in [6, 6.07) is 0.753. The molecule has 108 valence electrons. The van der Waals surface area contributed by atoms with E-state index in [1.807, 2.05) is 6.92 Å². The molecule has 0 unspecified atom stereocenters. The Balaban J connectivity index is 3.47. The van der Waals surface area contributed by atoms with Crippen LogP contribution in [0.25, 0.3) is 0 Å². The molecule has 0 amide bonds. The number of ether oxygens (including phenoxy) is 2. The first-order valence-corrected chi connectivity index (χ1v) is 7.98. The van der Waals surface area contributed by atoms with Gasteiger partial charge in [-0.2, -0.15) is 0 Å². The van der Waals surface area contributed by atoms with Crippen molar-refractivity contribution < 1.29 is 22.8 Å². The highest BCUT2D eigenvalue weighted by Crippen LogP contribution is 2.14. The van der Waals surface area contributed by atoms with E-state index in [0.717, 1.165) is 18.0 Å². The number of rotatable bonds is 12. The summed E-state index contributed by atoms with van der Waals surface area (Å²) in [7, 11) is 2.42. The zero-order valence-electron chi connectivity index (χ0n) is 12.0. The highest BCUT2D eigenvalue weighted by Gasteiger charge is 2.36. The SMILES string of the molecule is C=C(C)COCCOCCC[Si](OC)(OC)OC. The van der Waals surface area contributed by atoms with E-state index in [0.29, 0.717) is 26.4 Å². The van der Waals surface area contributed by atoms with Crippen LogP contribution in [0.4, 0.5) is 0 Å². The first kappa shape index (κ1) is 17.8. The Morgan fingerprint density at radius 1 is 0.944 bits per heavy atom. The highest BCUT2D eigenvalue weighted by molar-refractivity contribution is 6.60. The van der Waals surface area contributed by atoms with E-state index < -0.39 is 8.80 Å². The first-order chi connectivity index (χ1) is 8.60. The van der Waals surface area contributed by atoms with Crippen LogP contribution in [0.3, 0.4) is 0 Å². The first-order valence-electron chi connectivity index (χ1n) is 6.05. The summed E-state index contributed by atoms with van der Waals surface area (Å²) < 4.78 is 26.7. The van der Waals surface area contributed by atoms with Crippen LogP contribution in [0, 0.1) is 0 Å². The summed E-state index contributed by atoms with van der Waals surface area (Å²) >= 11 is 0. The van der Waals surface area contributed by atoms with Crippen LogP contribution in [-0.4, -0.2) is 56.6 Å². The normalized spacial score (nSPS) is 11.8. The standard InChI is InChI=1S/C12H26O5Si/c1-12(2)11-17-9-8-16-7-6-10-18(13-3,14-4)15-5/h1,6-11H2,2-5H3. The lowest BCUT2D eigenvalue weighted by atomic mass is 10.4. The van der Waals surface area contributed by atoms with Crippen LogP contribution in [0.5, 0.6) is 0 Å². The monoisotopic (exact) mass is 278 g/mol. The molecule has 0 aromatic heterocycles. The van der Waals surface area contributed by atoms with E-state index in [2.05, 4.69) is 6.58 Å². The lowest BCUT2D eigenvalue weighted by molar-refractivity contribution is 0.0538. The largest absolute Gasteiger partial charge is 0.500 e. The van der Waals surface area contributed by atoms with Crippen LogP contribution in [0.15, 0.2) is 12.2 Å². The van der Waals surface area contributed by atoms with Gasteiger partial charge in [0.15, 0.2) is 0 Å². The van der Waals surface area contributed by atoms with Gasteiger partial charge in [-0.1, -0.05) is 12.2 Å². The molecule has 6 heteroatoms. The van der Waals surface area contributed by atoms with Gasteiger partial charge < -0.3 is 22.8 Å². The van der Waals surface area contributed by atoms with E-state index >= 15 is 0 Å². The van der Waals surface area contributed by atoms with Crippen LogP contribution in [0.1, 0.15) is 13.3 Å². The van der Waals surface area contributed by atoms with Gasteiger partial charge in [0, 0.05) is 34.0 Å². The molecule has 5 nitrogen and oxygen atoms in total. The minimum atomic E-state index is -2.43. The van der Waals surface area contributed by atoms with Crippen molar-refractivity contribution >= 4 is 8.80 Å². The Kier molecular flexibility index (Phi) is 10.5. The van der Waals surface area contributed by atoms with Crippen molar-refractivity contribution in [3.05, 3.63) is 12.2 Å². The molecule has 0 aliphatic rings. The van der Waals surface area contributed by atoms with Gasteiger partial charge in [0.1, 0.15) is 0 Å². The van der Waals surface area contributed by atoms with Gasteiger partial charge in [0.2, 0.25) is 0 Å². The molecule has 0 aromatic carbocycles. The zero-order valence-corrected chi connectivity index (χ0v) is 13.0. The molecule has 0 atom stereocenters. The van der Waals surface area contributed by atoms with Gasteiger partial charge in [-0.3, -0.25) is 0 Å². The molecular formula is C12H26O5Si. The van der Waals surface area contributed by atoms with E-state index in [4.69, 9.17) is 22.8 Å². The highest BCUT2D eigenvalue weighted by atomic mass is 28.4. The summed E-state index contributed by atoms with van der Waals surface area (Å²) in [4.78, 5) is 0. The molecule has 0 radical (unpaired) electrons. The van der Waals surface area contributed by atoms with Crippen molar-refractivity contribution in [2.45, 2.75) is 19.4 Å². The van der Waals surface area contributed by atoms with E-state index in [9.17, 15) is 0 Å². The molecule has 0 rings (SSSR count). The van der Waals surface area contributed by atoms with E-state index in [-0.39, 0.29) is 0 Å². The molecule has 0 saturated carbocycles. The molecule has 0 aliphatic heterocycles. The van der Waals surface area contributed by atoms with Gasteiger partial charge in [-0.25, -0.2) is 0 Å². The zero-order chi connectivity index (χ0) is 13.9. The van der Waals surface area contributed by atoms with Crippen molar-refractivity contribution in [1.29, 1.82) is 0 Å². The minimum Gasteiger partial charge on any atom is -0.379 e. The van der Waals surface area contributed by atoms with Crippen molar-refractivity contribution in [3.63, 3.8) is 0 Å². The summed E-state index contributed by atoms with van der Waals surface area (Å²) in [6.45, 7) is 8.12. The molecule has 0 aromatic rings. The topological polar surface area (TPSA) is 46.2 Å². The second-order valence-electron chi connectivity index (χ2n) is 4.02. The lowest BCUT2D eigenvalue weighted by Crippen LogP contribution is -2.42. The average molecular weight is 278 g/mol. The second-order valence-corrected chi connectivity index (χ2v) is 7.11. The molecule has 0 saturated heterocycles. The van der Waals surface area contributed by atoms with Crippen molar-refractivity contribution in [2.24, 2.45) is 0 Å². The lowest BCUT2D eigenvalue weighted by Gasteiger charge is -2.24. The molecule has 0 spiro atoms. The van der Waals surface area contributed by atoms with Gasteiger partial charge >= 0.3 is 8.80 Å². The molecule has 0 fully saturated rings. The molecule has 18 heavy (non-hydrogen) atoms. The maximum absolute atomic E-state index is 5.45. The van der Waals surface area contributed by atoms with E-state index in [1.165, 1.54) is 0 Å². The third-order valence-electron chi connectivity index (χ3n) is 2.43. The maximum atomic E-state index is 5.45. The summed E-state index contributed by atoms with van der Waals surface area (Å²) in [6.07, 6.45) is 0.849. The molecule has 0 aliphatic carbocycles. The Hall–Kier alpha value is -0.243. The fraction of sp³-hybridized carbons (Fsp3) is 0.833. The molecule has 0 heterocycles. The van der Waals surface area contributed by atoms with Crippen LogP contribution in [0.2, 0.25) is 6.04 Å². The maximum Gasteiger partial charge on any atom is 0.500 e. The van der Waals surface area contributed by atoms with Gasteiger partial charge in [-0.05, 0) is 13.3 Å². The Bertz CT molecular complexity index is 210. The minimum absolute atomic E-state index is 0.592. The summed E-state index contributed by atoms with van der Waals surface area (Å²) in [5.74, 6) is 0. The predicted octanol–water partition coefficient (Wildman–Crippen LogP) is 1.86. The van der Waals surface area contributed by atoms with Gasteiger partial charge in [-0.15, -0.1) is 0 Å². The molecule has 0 bridgehead atoms. The molecular weight excluding hydrogens is 252 g/mol. The number of hydrogen-bond acceptors (Lipinski definition) is 5. The fourth-order valence-corrected chi connectivity index (χ4v) is 3.10.